The zero-order chi connectivity index (χ0) is 13.5. The SMILES string of the molecule is Cc1cc(NC(=O)NCCSCc2ccsc2)no1. The molecule has 0 saturated heterocycles. The van der Waals surface area contributed by atoms with Gasteiger partial charge in [-0.15, -0.1) is 0 Å². The smallest absolute Gasteiger partial charge is 0.320 e. The highest BCUT2D eigenvalue weighted by Crippen LogP contribution is 2.14. The van der Waals surface area contributed by atoms with Gasteiger partial charge in [0.2, 0.25) is 0 Å². The Balaban J connectivity index is 1.56. The lowest BCUT2D eigenvalue weighted by Gasteiger charge is -2.04. The second-order valence-corrected chi connectivity index (χ2v) is 5.77. The van der Waals surface area contributed by atoms with Gasteiger partial charge in [-0.2, -0.15) is 23.1 Å². The number of nitrogens with zero attached hydrogens (tertiary/aromatic N) is 1. The molecule has 0 aliphatic heterocycles. The third-order valence-electron chi connectivity index (χ3n) is 2.25. The van der Waals surface area contributed by atoms with Crippen LogP contribution in [0.1, 0.15) is 11.3 Å². The molecule has 0 bridgehead atoms. The molecular formula is C12H15N3O2S2. The van der Waals surface area contributed by atoms with Crippen molar-refractivity contribution < 1.29 is 9.32 Å². The average Bonchev–Trinajstić information content (AvgIpc) is 3.01. The highest BCUT2D eigenvalue weighted by atomic mass is 32.2. The number of rotatable bonds is 6. The predicted octanol–water partition coefficient (Wildman–Crippen LogP) is 3.10. The predicted molar refractivity (Wildman–Crippen MR) is 78.7 cm³/mol. The topological polar surface area (TPSA) is 67.2 Å². The summed E-state index contributed by atoms with van der Waals surface area (Å²) < 4.78 is 4.85. The molecule has 102 valence electrons. The summed E-state index contributed by atoms with van der Waals surface area (Å²) in [6.07, 6.45) is 0. The molecular weight excluding hydrogens is 282 g/mol. The van der Waals surface area contributed by atoms with Gasteiger partial charge in [0.1, 0.15) is 5.76 Å². The first kappa shape index (κ1) is 14.0. The molecule has 0 unspecified atom stereocenters. The molecule has 2 rings (SSSR count). The van der Waals surface area contributed by atoms with Crippen LogP contribution >= 0.6 is 23.1 Å². The molecule has 5 nitrogen and oxygen atoms in total. The number of hydrogen-bond donors (Lipinski definition) is 2. The Labute approximate surface area is 119 Å². The number of urea groups is 1. The first-order valence-corrected chi connectivity index (χ1v) is 7.91. The van der Waals surface area contributed by atoms with E-state index in [1.165, 1.54) is 5.56 Å². The maximum absolute atomic E-state index is 11.5. The number of thiophene rings is 1. The largest absolute Gasteiger partial charge is 0.360 e. The molecule has 7 heteroatoms. The van der Waals surface area contributed by atoms with Gasteiger partial charge in [0, 0.05) is 24.1 Å². The molecule has 2 aromatic heterocycles. The summed E-state index contributed by atoms with van der Waals surface area (Å²) >= 11 is 3.50. The van der Waals surface area contributed by atoms with Gasteiger partial charge in [-0.05, 0) is 29.3 Å². The Hall–Kier alpha value is -1.47. The lowest BCUT2D eigenvalue weighted by molar-refractivity contribution is 0.252. The van der Waals surface area contributed by atoms with Crippen molar-refractivity contribution in [3.05, 3.63) is 34.2 Å². The molecule has 0 spiro atoms. The molecule has 2 heterocycles. The van der Waals surface area contributed by atoms with Crippen LogP contribution in [0.15, 0.2) is 27.4 Å². The number of amides is 2. The number of anilines is 1. The van der Waals surface area contributed by atoms with E-state index < -0.39 is 0 Å². The summed E-state index contributed by atoms with van der Waals surface area (Å²) in [4.78, 5) is 11.5. The summed E-state index contributed by atoms with van der Waals surface area (Å²) in [5.41, 5.74) is 1.33. The molecule has 0 aliphatic carbocycles. The lowest BCUT2D eigenvalue weighted by atomic mass is 10.4. The van der Waals surface area contributed by atoms with E-state index in [1.54, 1.807) is 36.1 Å². The van der Waals surface area contributed by atoms with E-state index in [9.17, 15) is 4.79 Å². The Bertz CT molecular complexity index is 511. The van der Waals surface area contributed by atoms with Crippen molar-refractivity contribution in [2.24, 2.45) is 0 Å². The maximum Gasteiger partial charge on any atom is 0.320 e. The van der Waals surface area contributed by atoms with Crippen LogP contribution in [0.3, 0.4) is 0 Å². The Morgan fingerprint density at radius 2 is 2.47 bits per heavy atom. The van der Waals surface area contributed by atoms with Gasteiger partial charge in [-0.1, -0.05) is 5.16 Å². The average molecular weight is 297 g/mol. The number of nitrogens with one attached hydrogen (secondary N) is 2. The summed E-state index contributed by atoms with van der Waals surface area (Å²) in [6.45, 7) is 2.40. The molecule has 19 heavy (non-hydrogen) atoms. The van der Waals surface area contributed by atoms with Gasteiger partial charge in [-0.25, -0.2) is 4.79 Å². The summed E-state index contributed by atoms with van der Waals surface area (Å²) in [6, 6.07) is 3.53. The standard InChI is InChI=1S/C12H15N3O2S2/c1-9-6-11(15-17-9)14-12(16)13-3-5-19-8-10-2-4-18-7-10/h2,4,6-7H,3,5,8H2,1H3,(H2,13,14,15,16). The lowest BCUT2D eigenvalue weighted by Crippen LogP contribution is -2.30. The Morgan fingerprint density at radius 1 is 1.58 bits per heavy atom. The molecule has 2 N–H and O–H groups in total. The molecule has 0 aliphatic rings. The Morgan fingerprint density at radius 3 is 3.16 bits per heavy atom. The molecule has 0 radical (unpaired) electrons. The summed E-state index contributed by atoms with van der Waals surface area (Å²) in [7, 11) is 0. The van der Waals surface area contributed by atoms with Crippen molar-refractivity contribution in [3.8, 4) is 0 Å². The van der Waals surface area contributed by atoms with Crippen molar-refractivity contribution in [2.75, 3.05) is 17.6 Å². The number of carbonyl (C=O) groups excluding carboxylic acids is 1. The minimum atomic E-state index is -0.260. The number of aryl methyl sites for hydroxylation is 1. The highest BCUT2D eigenvalue weighted by Gasteiger charge is 2.04. The number of aromatic nitrogens is 1. The van der Waals surface area contributed by atoms with E-state index in [0.29, 0.717) is 18.1 Å². The Kier molecular flexibility index (Phi) is 5.29. The van der Waals surface area contributed by atoms with Gasteiger partial charge in [0.15, 0.2) is 5.82 Å². The first-order valence-electron chi connectivity index (χ1n) is 5.81. The zero-order valence-corrected chi connectivity index (χ0v) is 12.1. The fourth-order valence-electron chi connectivity index (χ4n) is 1.39. The number of hydrogen-bond acceptors (Lipinski definition) is 5. The van der Waals surface area contributed by atoms with Crippen LogP contribution in [-0.4, -0.2) is 23.5 Å². The van der Waals surface area contributed by atoms with Gasteiger partial charge < -0.3 is 9.84 Å². The van der Waals surface area contributed by atoms with E-state index >= 15 is 0 Å². The monoisotopic (exact) mass is 297 g/mol. The fourth-order valence-corrected chi connectivity index (χ4v) is 2.97. The van der Waals surface area contributed by atoms with Crippen LogP contribution in [0.5, 0.6) is 0 Å². The van der Waals surface area contributed by atoms with Crippen LogP contribution in [0.2, 0.25) is 0 Å². The number of carbonyl (C=O) groups is 1. The van der Waals surface area contributed by atoms with Gasteiger partial charge in [0.25, 0.3) is 0 Å². The van der Waals surface area contributed by atoms with Gasteiger partial charge in [-0.3, -0.25) is 5.32 Å². The van der Waals surface area contributed by atoms with Crippen molar-refractivity contribution in [1.29, 1.82) is 0 Å². The summed E-state index contributed by atoms with van der Waals surface area (Å²) in [5, 5.41) is 13.3. The molecule has 2 amide bonds. The molecule has 0 fully saturated rings. The first-order chi connectivity index (χ1) is 9.24. The zero-order valence-electron chi connectivity index (χ0n) is 10.5. The molecule has 0 saturated carbocycles. The molecule has 0 atom stereocenters. The second kappa shape index (κ2) is 7.20. The molecule has 0 aromatic carbocycles. The fraction of sp³-hybridized carbons (Fsp3) is 0.333. The molecule has 2 aromatic rings. The van der Waals surface area contributed by atoms with Crippen LogP contribution in [0.25, 0.3) is 0 Å². The van der Waals surface area contributed by atoms with E-state index in [2.05, 4.69) is 32.6 Å². The quantitative estimate of drug-likeness (QED) is 0.804. The number of thioether (sulfide) groups is 1. The van der Waals surface area contributed by atoms with Crippen molar-refractivity contribution in [3.63, 3.8) is 0 Å². The minimum absolute atomic E-state index is 0.260. The van der Waals surface area contributed by atoms with Crippen molar-refractivity contribution in [1.82, 2.24) is 10.5 Å². The van der Waals surface area contributed by atoms with E-state index in [1.807, 2.05) is 0 Å². The van der Waals surface area contributed by atoms with E-state index in [4.69, 9.17) is 4.52 Å². The van der Waals surface area contributed by atoms with Gasteiger partial charge in [0.05, 0.1) is 0 Å². The van der Waals surface area contributed by atoms with Crippen LogP contribution in [0.4, 0.5) is 10.6 Å². The van der Waals surface area contributed by atoms with Crippen LogP contribution in [-0.2, 0) is 5.75 Å². The normalized spacial score (nSPS) is 10.4. The summed E-state index contributed by atoms with van der Waals surface area (Å²) in [5.74, 6) is 2.96. The van der Waals surface area contributed by atoms with E-state index in [0.717, 1.165) is 11.5 Å². The van der Waals surface area contributed by atoms with Crippen LogP contribution < -0.4 is 10.6 Å². The minimum Gasteiger partial charge on any atom is -0.360 e. The van der Waals surface area contributed by atoms with E-state index in [-0.39, 0.29) is 6.03 Å². The highest BCUT2D eigenvalue weighted by molar-refractivity contribution is 7.98. The second-order valence-electron chi connectivity index (χ2n) is 3.89. The van der Waals surface area contributed by atoms with Crippen molar-refractivity contribution >= 4 is 34.9 Å². The third-order valence-corrected chi connectivity index (χ3v) is 4.01. The van der Waals surface area contributed by atoms with Crippen LogP contribution in [0, 0.1) is 6.92 Å². The van der Waals surface area contributed by atoms with Crippen molar-refractivity contribution in [2.45, 2.75) is 12.7 Å². The third kappa shape index (κ3) is 4.96. The maximum atomic E-state index is 11.5. The van der Waals surface area contributed by atoms with Gasteiger partial charge >= 0.3 is 6.03 Å².